The van der Waals surface area contributed by atoms with E-state index in [0.29, 0.717) is 30.6 Å². The Morgan fingerprint density at radius 3 is 2.61 bits per heavy atom. The van der Waals surface area contributed by atoms with Crippen molar-refractivity contribution in [1.29, 1.82) is 0 Å². The van der Waals surface area contributed by atoms with Crippen LogP contribution in [0.25, 0.3) is 0 Å². The highest BCUT2D eigenvalue weighted by Gasteiger charge is 2.27. The summed E-state index contributed by atoms with van der Waals surface area (Å²) in [6.45, 7) is 6.57. The summed E-state index contributed by atoms with van der Waals surface area (Å²) < 4.78 is 0. The molecule has 1 heterocycles. The molecule has 1 aliphatic heterocycles. The Hall–Kier alpha value is -2.15. The molecule has 23 heavy (non-hydrogen) atoms. The molecule has 7 nitrogen and oxygen atoms in total. The van der Waals surface area contributed by atoms with Crippen LogP contribution in [0.1, 0.15) is 30.6 Å². The Labute approximate surface area is 136 Å². The standard InChI is InChI=1S/C16H24N4O3/c1-11-7-12(2)10-19(9-11)14-4-3-13(8-15(14)20(22)23)16(21)18-6-5-17/h3-4,8,11-12H,5-7,9-10,17H2,1-2H3,(H,18,21). The monoisotopic (exact) mass is 320 g/mol. The number of piperidine rings is 1. The van der Waals surface area contributed by atoms with E-state index >= 15 is 0 Å². The van der Waals surface area contributed by atoms with Gasteiger partial charge in [-0.05, 0) is 30.4 Å². The van der Waals surface area contributed by atoms with Crippen molar-refractivity contribution in [1.82, 2.24) is 5.32 Å². The normalized spacial score (nSPS) is 21.1. The molecule has 2 unspecified atom stereocenters. The van der Waals surface area contributed by atoms with Gasteiger partial charge in [-0.3, -0.25) is 14.9 Å². The van der Waals surface area contributed by atoms with Gasteiger partial charge in [0.15, 0.2) is 0 Å². The molecular formula is C16H24N4O3. The van der Waals surface area contributed by atoms with E-state index in [9.17, 15) is 14.9 Å². The molecule has 126 valence electrons. The molecule has 0 aliphatic carbocycles. The largest absolute Gasteiger partial charge is 0.365 e. The predicted molar refractivity (Wildman–Crippen MR) is 89.6 cm³/mol. The lowest BCUT2D eigenvalue weighted by Gasteiger charge is -2.36. The van der Waals surface area contributed by atoms with Gasteiger partial charge in [-0.15, -0.1) is 0 Å². The van der Waals surface area contributed by atoms with Crippen molar-refractivity contribution in [3.8, 4) is 0 Å². The maximum absolute atomic E-state index is 12.0. The van der Waals surface area contributed by atoms with E-state index in [1.54, 1.807) is 12.1 Å². The Bertz CT molecular complexity index is 581. The molecule has 0 aromatic heterocycles. The van der Waals surface area contributed by atoms with E-state index < -0.39 is 4.92 Å². The first-order valence-electron chi connectivity index (χ1n) is 7.94. The van der Waals surface area contributed by atoms with Crippen LogP contribution in [-0.2, 0) is 0 Å². The van der Waals surface area contributed by atoms with Crippen LogP contribution in [0.4, 0.5) is 11.4 Å². The molecule has 0 radical (unpaired) electrons. The molecule has 1 saturated heterocycles. The fraction of sp³-hybridized carbons (Fsp3) is 0.562. The number of nitrogens with two attached hydrogens (primary N) is 1. The van der Waals surface area contributed by atoms with Gasteiger partial charge in [0.2, 0.25) is 0 Å². The summed E-state index contributed by atoms with van der Waals surface area (Å²) in [6.07, 6.45) is 1.13. The van der Waals surface area contributed by atoms with Gasteiger partial charge in [-0.25, -0.2) is 0 Å². The number of hydrogen-bond acceptors (Lipinski definition) is 5. The van der Waals surface area contributed by atoms with Gasteiger partial charge in [-0.1, -0.05) is 13.8 Å². The summed E-state index contributed by atoms with van der Waals surface area (Å²) in [5, 5.41) is 14.1. The van der Waals surface area contributed by atoms with Crippen LogP contribution in [-0.4, -0.2) is 37.0 Å². The topological polar surface area (TPSA) is 102 Å². The second-order valence-electron chi connectivity index (χ2n) is 6.36. The maximum atomic E-state index is 12.0. The zero-order valence-electron chi connectivity index (χ0n) is 13.6. The van der Waals surface area contributed by atoms with Crippen molar-refractivity contribution in [3.05, 3.63) is 33.9 Å². The molecule has 1 aromatic rings. The average Bonchev–Trinajstić information content (AvgIpc) is 2.51. The number of hydrogen-bond donors (Lipinski definition) is 2. The molecule has 1 fully saturated rings. The third-order valence-corrected chi connectivity index (χ3v) is 4.07. The van der Waals surface area contributed by atoms with Gasteiger partial charge < -0.3 is 16.0 Å². The molecule has 1 aliphatic rings. The molecular weight excluding hydrogens is 296 g/mol. The number of nitrogens with one attached hydrogen (secondary N) is 1. The van der Waals surface area contributed by atoms with Gasteiger partial charge in [0.05, 0.1) is 4.92 Å². The number of carbonyl (C=O) groups excluding carboxylic acids is 1. The summed E-state index contributed by atoms with van der Waals surface area (Å²) in [6, 6.07) is 4.67. The van der Waals surface area contributed by atoms with Crippen molar-refractivity contribution in [2.45, 2.75) is 20.3 Å². The number of nitro benzene ring substituents is 1. The second-order valence-corrected chi connectivity index (χ2v) is 6.36. The summed E-state index contributed by atoms with van der Waals surface area (Å²) >= 11 is 0. The molecule has 0 spiro atoms. The van der Waals surface area contributed by atoms with Crippen LogP contribution in [0, 0.1) is 22.0 Å². The van der Waals surface area contributed by atoms with Crippen molar-refractivity contribution < 1.29 is 9.72 Å². The van der Waals surface area contributed by atoms with Crippen molar-refractivity contribution in [3.63, 3.8) is 0 Å². The van der Waals surface area contributed by atoms with Crippen LogP contribution in [0.2, 0.25) is 0 Å². The first-order chi connectivity index (χ1) is 10.9. The Morgan fingerprint density at radius 1 is 1.39 bits per heavy atom. The molecule has 3 N–H and O–H groups in total. The Balaban J connectivity index is 2.29. The lowest BCUT2D eigenvalue weighted by Crippen LogP contribution is -2.39. The minimum atomic E-state index is -0.418. The third kappa shape index (κ3) is 4.19. The van der Waals surface area contributed by atoms with Gasteiger partial charge in [0, 0.05) is 37.8 Å². The summed E-state index contributed by atoms with van der Waals surface area (Å²) in [7, 11) is 0. The number of benzene rings is 1. The predicted octanol–water partition coefficient (Wildman–Crippen LogP) is 1.77. The van der Waals surface area contributed by atoms with Crippen LogP contribution in [0.3, 0.4) is 0 Å². The molecule has 7 heteroatoms. The van der Waals surface area contributed by atoms with Gasteiger partial charge in [0.1, 0.15) is 5.69 Å². The van der Waals surface area contributed by atoms with Crippen molar-refractivity contribution in [2.75, 3.05) is 31.1 Å². The summed E-state index contributed by atoms with van der Waals surface area (Å²) in [5.74, 6) is 0.641. The zero-order valence-corrected chi connectivity index (χ0v) is 13.6. The minimum Gasteiger partial charge on any atom is -0.365 e. The summed E-state index contributed by atoms with van der Waals surface area (Å²) in [5.41, 5.74) is 6.20. The van der Waals surface area contributed by atoms with Crippen LogP contribution >= 0.6 is 0 Å². The maximum Gasteiger partial charge on any atom is 0.293 e. The van der Waals surface area contributed by atoms with Gasteiger partial charge in [0.25, 0.3) is 11.6 Å². The van der Waals surface area contributed by atoms with Crippen molar-refractivity contribution >= 4 is 17.3 Å². The van der Waals surface area contributed by atoms with E-state index in [1.165, 1.54) is 6.07 Å². The fourth-order valence-corrected chi connectivity index (χ4v) is 3.23. The first-order valence-corrected chi connectivity index (χ1v) is 7.94. The number of rotatable bonds is 5. The van der Waals surface area contributed by atoms with Crippen LogP contribution < -0.4 is 16.0 Å². The molecule has 0 bridgehead atoms. The van der Waals surface area contributed by atoms with E-state index in [-0.39, 0.29) is 17.2 Å². The van der Waals surface area contributed by atoms with E-state index in [0.717, 1.165) is 19.5 Å². The van der Waals surface area contributed by atoms with E-state index in [4.69, 9.17) is 5.73 Å². The van der Waals surface area contributed by atoms with E-state index in [1.807, 2.05) is 0 Å². The smallest absolute Gasteiger partial charge is 0.293 e. The lowest BCUT2D eigenvalue weighted by atomic mass is 9.91. The number of nitrogens with zero attached hydrogens (tertiary/aromatic N) is 2. The highest BCUT2D eigenvalue weighted by Crippen LogP contribution is 2.33. The quantitative estimate of drug-likeness (QED) is 0.636. The number of nitro groups is 1. The van der Waals surface area contributed by atoms with Gasteiger partial charge >= 0.3 is 0 Å². The van der Waals surface area contributed by atoms with Gasteiger partial charge in [-0.2, -0.15) is 0 Å². The average molecular weight is 320 g/mol. The summed E-state index contributed by atoms with van der Waals surface area (Å²) in [4.78, 5) is 25.0. The molecule has 0 saturated carbocycles. The Kier molecular flexibility index (Phi) is 5.54. The van der Waals surface area contributed by atoms with Crippen LogP contribution in [0.15, 0.2) is 18.2 Å². The Morgan fingerprint density at radius 2 is 2.04 bits per heavy atom. The minimum absolute atomic E-state index is 0.0216. The zero-order chi connectivity index (χ0) is 17.0. The highest BCUT2D eigenvalue weighted by atomic mass is 16.6. The molecule has 2 atom stereocenters. The third-order valence-electron chi connectivity index (χ3n) is 4.07. The number of amides is 1. The molecule has 2 rings (SSSR count). The number of carbonyl (C=O) groups is 1. The highest BCUT2D eigenvalue weighted by molar-refractivity contribution is 5.95. The van der Waals surface area contributed by atoms with Crippen LogP contribution in [0.5, 0.6) is 0 Å². The van der Waals surface area contributed by atoms with Crippen molar-refractivity contribution in [2.24, 2.45) is 17.6 Å². The first kappa shape index (κ1) is 17.2. The van der Waals surface area contributed by atoms with E-state index in [2.05, 4.69) is 24.1 Å². The molecule has 1 aromatic carbocycles. The lowest BCUT2D eigenvalue weighted by molar-refractivity contribution is -0.384. The number of anilines is 1. The second kappa shape index (κ2) is 7.41. The SMILES string of the molecule is CC1CC(C)CN(c2ccc(C(=O)NCCN)cc2[N+](=O)[O-])C1. The fourth-order valence-electron chi connectivity index (χ4n) is 3.23. The molecule has 1 amide bonds.